The Labute approximate surface area is 129 Å². The SMILES string of the molecule is COc1ccc(-c2cc(=O)c3c(O)c(O)c(O)cc3o2)cc1O. The summed E-state index contributed by atoms with van der Waals surface area (Å²) in [5.41, 5.74) is -0.311. The van der Waals surface area contributed by atoms with Crippen LogP contribution in [-0.2, 0) is 0 Å². The molecule has 0 spiro atoms. The van der Waals surface area contributed by atoms with E-state index in [9.17, 15) is 25.2 Å². The third-order valence-electron chi connectivity index (χ3n) is 3.41. The van der Waals surface area contributed by atoms with Crippen LogP contribution >= 0.6 is 0 Å². The number of hydrogen-bond acceptors (Lipinski definition) is 7. The van der Waals surface area contributed by atoms with Crippen molar-refractivity contribution in [3.63, 3.8) is 0 Å². The maximum Gasteiger partial charge on any atom is 0.201 e. The minimum absolute atomic E-state index is 0.101. The first-order chi connectivity index (χ1) is 10.9. The lowest BCUT2D eigenvalue weighted by atomic mass is 10.1. The number of rotatable bonds is 2. The number of aromatic hydroxyl groups is 4. The van der Waals surface area contributed by atoms with Crippen molar-refractivity contribution in [3.05, 3.63) is 40.6 Å². The van der Waals surface area contributed by atoms with Crippen molar-refractivity contribution in [1.82, 2.24) is 0 Å². The molecule has 0 atom stereocenters. The lowest BCUT2D eigenvalue weighted by molar-refractivity contribution is 0.370. The van der Waals surface area contributed by atoms with Crippen molar-refractivity contribution < 1.29 is 29.6 Å². The van der Waals surface area contributed by atoms with E-state index in [1.807, 2.05) is 0 Å². The van der Waals surface area contributed by atoms with Gasteiger partial charge in [-0.25, -0.2) is 0 Å². The first-order valence-corrected chi connectivity index (χ1v) is 6.51. The largest absolute Gasteiger partial charge is 0.504 e. The molecular weight excluding hydrogens is 304 g/mol. The van der Waals surface area contributed by atoms with Gasteiger partial charge >= 0.3 is 0 Å². The molecule has 0 aliphatic carbocycles. The van der Waals surface area contributed by atoms with Gasteiger partial charge in [-0.15, -0.1) is 0 Å². The molecule has 0 aliphatic heterocycles. The van der Waals surface area contributed by atoms with Gasteiger partial charge in [0.2, 0.25) is 5.75 Å². The Bertz CT molecular complexity index is 972. The number of benzene rings is 2. The molecule has 1 aromatic heterocycles. The van der Waals surface area contributed by atoms with Crippen molar-refractivity contribution in [2.45, 2.75) is 0 Å². The van der Waals surface area contributed by atoms with E-state index in [1.54, 1.807) is 6.07 Å². The lowest BCUT2D eigenvalue weighted by Gasteiger charge is -2.08. The number of ether oxygens (including phenoxy) is 1. The van der Waals surface area contributed by atoms with E-state index in [1.165, 1.54) is 19.2 Å². The molecule has 0 bridgehead atoms. The molecular formula is C16H12O7. The summed E-state index contributed by atoms with van der Waals surface area (Å²) in [6, 6.07) is 6.56. The molecule has 7 nitrogen and oxygen atoms in total. The number of fused-ring (bicyclic) bond motifs is 1. The molecule has 3 aromatic rings. The van der Waals surface area contributed by atoms with Gasteiger partial charge in [0.1, 0.15) is 16.7 Å². The number of phenolic OH excluding ortho intramolecular Hbond substituents is 4. The summed E-state index contributed by atoms with van der Waals surface area (Å²) < 4.78 is 10.4. The van der Waals surface area contributed by atoms with Gasteiger partial charge in [-0.2, -0.15) is 0 Å². The van der Waals surface area contributed by atoms with Crippen molar-refractivity contribution in [2.24, 2.45) is 0 Å². The van der Waals surface area contributed by atoms with Crippen LogP contribution in [0.4, 0.5) is 0 Å². The molecule has 118 valence electrons. The fourth-order valence-corrected chi connectivity index (χ4v) is 2.26. The average Bonchev–Trinajstić information content (AvgIpc) is 2.52. The van der Waals surface area contributed by atoms with Gasteiger partial charge in [0.25, 0.3) is 0 Å². The van der Waals surface area contributed by atoms with Gasteiger partial charge in [0, 0.05) is 17.7 Å². The van der Waals surface area contributed by atoms with Gasteiger partial charge in [0.15, 0.2) is 28.4 Å². The average molecular weight is 316 g/mol. The fourth-order valence-electron chi connectivity index (χ4n) is 2.26. The van der Waals surface area contributed by atoms with Crippen LogP contribution in [0.2, 0.25) is 0 Å². The van der Waals surface area contributed by atoms with Crippen LogP contribution in [-0.4, -0.2) is 27.5 Å². The fraction of sp³-hybridized carbons (Fsp3) is 0.0625. The van der Waals surface area contributed by atoms with Gasteiger partial charge in [-0.05, 0) is 18.2 Å². The van der Waals surface area contributed by atoms with Crippen LogP contribution in [0.15, 0.2) is 39.5 Å². The van der Waals surface area contributed by atoms with Gasteiger partial charge in [-0.1, -0.05) is 0 Å². The molecule has 0 unspecified atom stereocenters. The third kappa shape index (κ3) is 2.28. The Morgan fingerprint density at radius 2 is 1.70 bits per heavy atom. The van der Waals surface area contributed by atoms with E-state index in [0.29, 0.717) is 5.56 Å². The highest BCUT2D eigenvalue weighted by atomic mass is 16.5. The monoisotopic (exact) mass is 316 g/mol. The van der Waals surface area contributed by atoms with Gasteiger partial charge < -0.3 is 29.6 Å². The van der Waals surface area contributed by atoms with Crippen molar-refractivity contribution >= 4 is 11.0 Å². The zero-order chi connectivity index (χ0) is 16.7. The molecule has 0 aliphatic rings. The van der Waals surface area contributed by atoms with E-state index in [2.05, 4.69) is 0 Å². The van der Waals surface area contributed by atoms with E-state index >= 15 is 0 Å². The quantitative estimate of drug-likeness (QED) is 0.535. The molecule has 7 heteroatoms. The maximum absolute atomic E-state index is 12.2. The summed E-state index contributed by atoms with van der Waals surface area (Å²) in [5, 5.41) is 38.3. The summed E-state index contributed by atoms with van der Waals surface area (Å²) in [6.45, 7) is 0. The molecule has 0 radical (unpaired) electrons. The summed E-state index contributed by atoms with van der Waals surface area (Å²) in [4.78, 5) is 12.2. The van der Waals surface area contributed by atoms with Crippen molar-refractivity contribution in [1.29, 1.82) is 0 Å². The highest BCUT2D eigenvalue weighted by Gasteiger charge is 2.17. The normalized spacial score (nSPS) is 10.8. The highest BCUT2D eigenvalue weighted by Crippen LogP contribution is 2.40. The summed E-state index contributed by atoms with van der Waals surface area (Å²) in [6.07, 6.45) is 0. The summed E-state index contributed by atoms with van der Waals surface area (Å²) >= 11 is 0. The van der Waals surface area contributed by atoms with E-state index < -0.39 is 22.7 Å². The third-order valence-corrected chi connectivity index (χ3v) is 3.41. The zero-order valence-electron chi connectivity index (χ0n) is 11.9. The molecule has 23 heavy (non-hydrogen) atoms. The Morgan fingerprint density at radius 3 is 2.35 bits per heavy atom. The van der Waals surface area contributed by atoms with Crippen molar-refractivity contribution in [2.75, 3.05) is 7.11 Å². The predicted octanol–water partition coefficient (Wildman–Crippen LogP) is 2.29. The Morgan fingerprint density at radius 1 is 0.957 bits per heavy atom. The number of phenols is 4. The van der Waals surface area contributed by atoms with Crippen LogP contribution in [0.25, 0.3) is 22.3 Å². The first kappa shape index (κ1) is 14.6. The molecule has 0 fully saturated rings. The zero-order valence-corrected chi connectivity index (χ0v) is 11.9. The predicted molar refractivity (Wildman–Crippen MR) is 81.1 cm³/mol. The minimum Gasteiger partial charge on any atom is -0.504 e. The van der Waals surface area contributed by atoms with Gasteiger partial charge in [-0.3, -0.25) is 4.79 Å². The molecule has 2 aromatic carbocycles. The Kier molecular flexibility index (Phi) is 3.25. The van der Waals surface area contributed by atoms with Crippen LogP contribution < -0.4 is 10.2 Å². The van der Waals surface area contributed by atoms with Crippen LogP contribution in [0.3, 0.4) is 0 Å². The van der Waals surface area contributed by atoms with Crippen molar-refractivity contribution in [3.8, 4) is 40.1 Å². The molecule has 1 heterocycles. The lowest BCUT2D eigenvalue weighted by Crippen LogP contribution is -2.01. The van der Waals surface area contributed by atoms with E-state index in [-0.39, 0.29) is 28.2 Å². The minimum atomic E-state index is -0.792. The van der Waals surface area contributed by atoms with Crippen LogP contribution in [0.5, 0.6) is 28.7 Å². The standard InChI is InChI=1S/C16H12O7/c1-22-11-3-2-7(4-8(11)17)12-5-9(18)14-13(23-12)6-10(19)15(20)16(14)21/h2-6,17,19-21H,1H3. The van der Waals surface area contributed by atoms with Crippen LogP contribution in [0, 0.1) is 0 Å². The second-order valence-corrected chi connectivity index (χ2v) is 4.83. The molecule has 0 saturated heterocycles. The maximum atomic E-state index is 12.2. The molecule has 3 rings (SSSR count). The molecule has 0 saturated carbocycles. The topological polar surface area (TPSA) is 120 Å². The first-order valence-electron chi connectivity index (χ1n) is 6.51. The van der Waals surface area contributed by atoms with E-state index in [4.69, 9.17) is 9.15 Å². The highest BCUT2D eigenvalue weighted by molar-refractivity contribution is 5.89. The second kappa shape index (κ2) is 5.13. The molecule has 0 amide bonds. The Balaban J connectivity index is 2.26. The number of methoxy groups -OCH3 is 1. The van der Waals surface area contributed by atoms with E-state index in [0.717, 1.165) is 12.1 Å². The van der Waals surface area contributed by atoms with Crippen LogP contribution in [0.1, 0.15) is 0 Å². The summed E-state index contributed by atoms with van der Waals surface area (Å²) in [7, 11) is 1.41. The molecule has 4 N–H and O–H groups in total. The Hall–Kier alpha value is -3.35. The van der Waals surface area contributed by atoms with Gasteiger partial charge in [0.05, 0.1) is 7.11 Å². The smallest absolute Gasteiger partial charge is 0.201 e. The number of hydrogen-bond donors (Lipinski definition) is 4. The summed E-state index contributed by atoms with van der Waals surface area (Å²) in [5.74, 6) is -1.92. The second-order valence-electron chi connectivity index (χ2n) is 4.83.